The number of β-lactam (4-membered cyclic amide) rings is 1. The molecule has 4 rings (SSSR count). The van der Waals surface area contributed by atoms with E-state index in [0.717, 1.165) is 14.8 Å². The van der Waals surface area contributed by atoms with Crippen molar-refractivity contribution in [1.82, 2.24) is 14.5 Å². The van der Waals surface area contributed by atoms with Gasteiger partial charge >= 0.3 is 5.97 Å². The van der Waals surface area contributed by atoms with E-state index in [0.29, 0.717) is 5.75 Å². The minimum atomic E-state index is -4.18. The van der Waals surface area contributed by atoms with Gasteiger partial charge in [0, 0.05) is 6.54 Å². The maximum atomic E-state index is 13.1. The molecule has 2 fully saturated rings. The van der Waals surface area contributed by atoms with Gasteiger partial charge in [0.25, 0.3) is 5.91 Å². The van der Waals surface area contributed by atoms with Gasteiger partial charge < -0.3 is 20.1 Å². The number of fused-ring (bicyclic) bond motifs is 1. The lowest BCUT2D eigenvalue weighted by molar-refractivity contribution is -0.163. The Balaban J connectivity index is 1.48. The van der Waals surface area contributed by atoms with Crippen molar-refractivity contribution in [2.24, 2.45) is 0 Å². The summed E-state index contributed by atoms with van der Waals surface area (Å²) in [5.74, 6) is -2.21. The Hall–Kier alpha value is -3.44. The van der Waals surface area contributed by atoms with Gasteiger partial charge in [0.1, 0.15) is 11.8 Å². The number of aliphatic carboxylic acids is 1. The van der Waals surface area contributed by atoms with Gasteiger partial charge in [-0.3, -0.25) is 9.59 Å². The predicted molar refractivity (Wildman–Crippen MR) is 111 cm³/mol. The minimum absolute atomic E-state index is 0.0684. The molecule has 10 nitrogen and oxygen atoms in total. The molecule has 32 heavy (non-hydrogen) atoms. The van der Waals surface area contributed by atoms with Gasteiger partial charge in [-0.05, 0) is 31.2 Å². The summed E-state index contributed by atoms with van der Waals surface area (Å²) >= 11 is 0. The number of benzene rings is 2. The number of carboxylic acid groups (broad SMARTS) is 1. The molecule has 2 heterocycles. The first-order chi connectivity index (χ1) is 15.2. The molecule has 2 aromatic rings. The molecule has 2 amide bonds. The summed E-state index contributed by atoms with van der Waals surface area (Å²) in [6.45, 7) is 1.21. The number of hydrogen-bond acceptors (Lipinski definition) is 6. The number of nitrogens with one attached hydrogen (secondary N) is 1. The Labute approximate surface area is 184 Å². The summed E-state index contributed by atoms with van der Waals surface area (Å²) in [5, 5.41) is 12.2. The molecule has 0 aliphatic carbocycles. The molecule has 2 saturated heterocycles. The molecular formula is C21H21N3O7S. The van der Waals surface area contributed by atoms with E-state index in [-0.39, 0.29) is 18.0 Å². The lowest BCUT2D eigenvalue weighted by Gasteiger charge is -2.43. The fraction of sp³-hybridized carbons (Fsp3) is 0.286. The molecule has 2 unspecified atom stereocenters. The van der Waals surface area contributed by atoms with Crippen molar-refractivity contribution in [2.75, 3.05) is 13.2 Å². The highest BCUT2D eigenvalue weighted by Crippen LogP contribution is 2.36. The summed E-state index contributed by atoms with van der Waals surface area (Å²) < 4.78 is 32.3. The van der Waals surface area contributed by atoms with Crippen LogP contribution in [-0.4, -0.2) is 71.9 Å². The number of carboxylic acids is 1. The fourth-order valence-corrected chi connectivity index (χ4v) is 5.40. The molecule has 0 aromatic heterocycles. The van der Waals surface area contributed by atoms with E-state index in [2.05, 4.69) is 5.32 Å². The molecule has 11 heteroatoms. The average molecular weight is 459 g/mol. The number of amides is 2. The summed E-state index contributed by atoms with van der Waals surface area (Å²) in [6.07, 6.45) is -1.67. The average Bonchev–Trinajstić information content (AvgIpc) is 3.14. The summed E-state index contributed by atoms with van der Waals surface area (Å²) in [4.78, 5) is 37.6. The van der Waals surface area contributed by atoms with Crippen LogP contribution in [0.1, 0.15) is 5.56 Å². The van der Waals surface area contributed by atoms with Crippen LogP contribution in [0.25, 0.3) is 0 Å². The molecule has 0 spiro atoms. The standard InChI is InChI=1S/C21H21N3O7S/c1-13-7-9-15(10-8-13)32(29,30)23-11-16-18(20(26)24(16)19(23)21(27)28)22-17(25)12-31-14-5-3-2-4-6-14/h2-10,16,18-19H,11-12H2,1H3,(H,22,25)(H,27,28)/t16?,18-,19?/m1/s1. The second-order valence-corrected chi connectivity index (χ2v) is 9.45. The number of sulfonamides is 1. The number of para-hydroxylation sites is 1. The minimum Gasteiger partial charge on any atom is -0.484 e. The van der Waals surface area contributed by atoms with Crippen molar-refractivity contribution in [1.29, 1.82) is 0 Å². The highest BCUT2D eigenvalue weighted by atomic mass is 32.2. The molecular weight excluding hydrogens is 438 g/mol. The van der Waals surface area contributed by atoms with Crippen LogP contribution in [0.3, 0.4) is 0 Å². The largest absolute Gasteiger partial charge is 0.484 e. The van der Waals surface area contributed by atoms with E-state index in [1.165, 1.54) is 12.1 Å². The highest BCUT2D eigenvalue weighted by Gasteiger charge is 2.62. The lowest BCUT2D eigenvalue weighted by atomic mass is 9.96. The van der Waals surface area contributed by atoms with Gasteiger partial charge in [-0.15, -0.1) is 0 Å². The predicted octanol–water partition coefficient (Wildman–Crippen LogP) is 0.185. The van der Waals surface area contributed by atoms with E-state index in [1.807, 2.05) is 0 Å². The Bertz CT molecular complexity index is 1150. The van der Waals surface area contributed by atoms with Crippen molar-refractivity contribution in [3.63, 3.8) is 0 Å². The van der Waals surface area contributed by atoms with E-state index >= 15 is 0 Å². The SMILES string of the molecule is Cc1ccc(S(=O)(=O)N2CC3[C@@H](NC(=O)COc4ccccc4)C(=O)N3C2C(=O)O)cc1. The zero-order valence-corrected chi connectivity index (χ0v) is 17.9. The van der Waals surface area contributed by atoms with Crippen LogP contribution in [0.5, 0.6) is 5.75 Å². The van der Waals surface area contributed by atoms with E-state index in [4.69, 9.17) is 4.74 Å². The van der Waals surface area contributed by atoms with Gasteiger partial charge in [0.05, 0.1) is 10.9 Å². The van der Waals surface area contributed by atoms with Gasteiger partial charge in [-0.2, -0.15) is 4.31 Å². The zero-order chi connectivity index (χ0) is 23.0. The quantitative estimate of drug-likeness (QED) is 0.565. The third-order valence-electron chi connectivity index (χ3n) is 5.44. The highest BCUT2D eigenvalue weighted by molar-refractivity contribution is 7.89. The number of carbonyl (C=O) groups is 3. The van der Waals surface area contributed by atoms with E-state index < -0.39 is 46.1 Å². The van der Waals surface area contributed by atoms with Gasteiger partial charge in [0.15, 0.2) is 12.8 Å². The van der Waals surface area contributed by atoms with Crippen molar-refractivity contribution in [3.05, 3.63) is 60.2 Å². The van der Waals surface area contributed by atoms with Crippen molar-refractivity contribution < 1.29 is 32.6 Å². The molecule has 168 valence electrons. The van der Waals surface area contributed by atoms with Crippen LogP contribution in [0.2, 0.25) is 0 Å². The third-order valence-corrected chi connectivity index (χ3v) is 7.28. The molecule has 0 bridgehead atoms. The number of ether oxygens (including phenoxy) is 1. The maximum Gasteiger partial charge on any atom is 0.342 e. The van der Waals surface area contributed by atoms with Crippen molar-refractivity contribution in [3.8, 4) is 5.75 Å². The molecule has 0 saturated carbocycles. The Morgan fingerprint density at radius 1 is 1.12 bits per heavy atom. The third kappa shape index (κ3) is 3.80. The van der Waals surface area contributed by atoms with Crippen molar-refractivity contribution in [2.45, 2.75) is 30.1 Å². The first kappa shape index (κ1) is 21.8. The number of carbonyl (C=O) groups excluding carboxylic acids is 2. The summed E-state index contributed by atoms with van der Waals surface area (Å²) in [6, 6.07) is 12.8. The Kier molecular flexibility index (Phi) is 5.61. The Morgan fingerprint density at radius 2 is 1.78 bits per heavy atom. The zero-order valence-electron chi connectivity index (χ0n) is 17.0. The Morgan fingerprint density at radius 3 is 2.41 bits per heavy atom. The number of hydrogen-bond donors (Lipinski definition) is 2. The first-order valence-electron chi connectivity index (χ1n) is 9.81. The van der Waals surface area contributed by atoms with Crippen molar-refractivity contribution >= 4 is 27.8 Å². The van der Waals surface area contributed by atoms with Crippen LogP contribution in [0.15, 0.2) is 59.5 Å². The van der Waals surface area contributed by atoms with Gasteiger partial charge in [-0.1, -0.05) is 35.9 Å². The maximum absolute atomic E-state index is 13.1. The number of nitrogens with zero attached hydrogens (tertiary/aromatic N) is 2. The second-order valence-electron chi connectivity index (χ2n) is 7.56. The molecule has 3 atom stereocenters. The van der Waals surface area contributed by atoms with Crippen LogP contribution in [0, 0.1) is 6.92 Å². The van der Waals surface area contributed by atoms with E-state index in [1.54, 1.807) is 49.4 Å². The fourth-order valence-electron chi connectivity index (χ4n) is 3.84. The molecule has 2 aromatic carbocycles. The summed E-state index contributed by atoms with van der Waals surface area (Å²) in [5.41, 5.74) is 0.847. The van der Waals surface area contributed by atoms with Crippen LogP contribution in [0.4, 0.5) is 0 Å². The topological polar surface area (TPSA) is 133 Å². The van der Waals surface area contributed by atoms with Crippen LogP contribution < -0.4 is 10.1 Å². The van der Waals surface area contributed by atoms with Gasteiger partial charge in [-0.25, -0.2) is 13.2 Å². The first-order valence-corrected chi connectivity index (χ1v) is 11.2. The summed E-state index contributed by atoms with van der Waals surface area (Å²) in [7, 11) is -4.18. The normalized spacial score (nSPS) is 22.7. The lowest BCUT2D eigenvalue weighted by Crippen LogP contribution is -2.71. The monoisotopic (exact) mass is 459 g/mol. The number of aryl methyl sites for hydroxylation is 1. The van der Waals surface area contributed by atoms with Crippen LogP contribution in [-0.2, 0) is 24.4 Å². The van der Waals surface area contributed by atoms with Crippen LogP contribution >= 0.6 is 0 Å². The molecule has 2 aliphatic rings. The van der Waals surface area contributed by atoms with E-state index in [9.17, 15) is 27.9 Å². The molecule has 0 radical (unpaired) electrons. The van der Waals surface area contributed by atoms with Gasteiger partial charge in [0.2, 0.25) is 15.9 Å². The molecule has 2 N–H and O–H groups in total. The second kappa shape index (κ2) is 8.24. The number of rotatable bonds is 7. The molecule has 2 aliphatic heterocycles. The smallest absolute Gasteiger partial charge is 0.342 e.